The van der Waals surface area contributed by atoms with Crippen LogP contribution in [0.5, 0.6) is 0 Å². The van der Waals surface area contributed by atoms with Crippen LogP contribution >= 0.6 is 12.4 Å². The van der Waals surface area contributed by atoms with Crippen LogP contribution in [0.1, 0.15) is 15.9 Å². The van der Waals surface area contributed by atoms with Crippen LogP contribution in [-0.2, 0) is 11.2 Å². The van der Waals surface area contributed by atoms with Crippen molar-refractivity contribution in [1.82, 2.24) is 4.98 Å². The molecule has 0 bridgehead atoms. The number of hydrogen-bond acceptors (Lipinski definition) is 4. The fourth-order valence-corrected chi connectivity index (χ4v) is 2.57. The molecule has 7 heteroatoms. The third-order valence-corrected chi connectivity index (χ3v) is 3.95. The van der Waals surface area contributed by atoms with Crippen molar-refractivity contribution in [2.24, 2.45) is 5.73 Å². The van der Waals surface area contributed by atoms with Gasteiger partial charge in [-0.2, -0.15) is 0 Å². The molecule has 1 heterocycles. The summed E-state index contributed by atoms with van der Waals surface area (Å²) in [6.07, 6.45) is 3.54. The number of hydrogen-bond donors (Lipinski definition) is 3. The highest BCUT2D eigenvalue weighted by atomic mass is 35.5. The first kappa shape index (κ1) is 21.1. The summed E-state index contributed by atoms with van der Waals surface area (Å²) in [4.78, 5) is 28.5. The molecule has 4 N–H and O–H groups in total. The minimum atomic E-state index is -0.666. The van der Waals surface area contributed by atoms with Crippen LogP contribution < -0.4 is 16.4 Å². The van der Waals surface area contributed by atoms with Gasteiger partial charge in [0.2, 0.25) is 5.91 Å². The zero-order chi connectivity index (χ0) is 19.1. The van der Waals surface area contributed by atoms with Crippen molar-refractivity contribution in [1.29, 1.82) is 0 Å². The quantitative estimate of drug-likeness (QED) is 0.595. The number of nitrogens with zero attached hydrogens (tertiary/aromatic N) is 1. The lowest BCUT2D eigenvalue weighted by molar-refractivity contribution is -0.117. The Bertz CT molecular complexity index is 920. The van der Waals surface area contributed by atoms with Crippen LogP contribution in [0.4, 0.5) is 11.4 Å². The summed E-state index contributed by atoms with van der Waals surface area (Å²) >= 11 is 0. The van der Waals surface area contributed by atoms with Gasteiger partial charge < -0.3 is 16.4 Å². The van der Waals surface area contributed by atoms with E-state index < -0.39 is 6.04 Å². The minimum Gasteiger partial charge on any atom is -0.325 e. The molecule has 0 radical (unpaired) electrons. The number of amides is 2. The van der Waals surface area contributed by atoms with Gasteiger partial charge in [0, 0.05) is 23.8 Å². The van der Waals surface area contributed by atoms with E-state index in [-0.39, 0.29) is 24.2 Å². The van der Waals surface area contributed by atoms with E-state index in [4.69, 9.17) is 5.73 Å². The van der Waals surface area contributed by atoms with Crippen LogP contribution in [0.25, 0.3) is 0 Å². The van der Waals surface area contributed by atoms with E-state index in [1.807, 2.05) is 30.3 Å². The molecule has 0 aliphatic carbocycles. The SMILES string of the molecule is Cl.N[C@H](Cc1ccccc1)C(=O)Nc1cccc(NC(=O)c2cccnc2)c1. The second-order valence-electron chi connectivity index (χ2n) is 6.06. The highest BCUT2D eigenvalue weighted by Crippen LogP contribution is 2.16. The number of nitrogens with two attached hydrogens (primary N) is 1. The number of carbonyl (C=O) groups excluding carboxylic acids is 2. The number of pyridine rings is 1. The highest BCUT2D eigenvalue weighted by molar-refractivity contribution is 6.04. The first-order valence-electron chi connectivity index (χ1n) is 8.53. The van der Waals surface area contributed by atoms with Crippen molar-refractivity contribution < 1.29 is 9.59 Å². The van der Waals surface area contributed by atoms with Gasteiger partial charge in [0.15, 0.2) is 0 Å². The first-order chi connectivity index (χ1) is 13.1. The molecule has 0 aliphatic rings. The van der Waals surface area contributed by atoms with Gasteiger partial charge in [-0.05, 0) is 42.3 Å². The van der Waals surface area contributed by atoms with Crippen molar-refractivity contribution in [2.45, 2.75) is 12.5 Å². The maximum absolute atomic E-state index is 12.3. The molecule has 2 amide bonds. The van der Waals surface area contributed by atoms with Gasteiger partial charge in [0.05, 0.1) is 11.6 Å². The maximum Gasteiger partial charge on any atom is 0.257 e. The summed E-state index contributed by atoms with van der Waals surface area (Å²) in [5.74, 6) is -0.554. The Labute approximate surface area is 169 Å². The number of rotatable bonds is 6. The van der Waals surface area contributed by atoms with E-state index in [0.717, 1.165) is 5.56 Å². The molecule has 0 unspecified atom stereocenters. The second-order valence-corrected chi connectivity index (χ2v) is 6.06. The van der Waals surface area contributed by atoms with E-state index in [2.05, 4.69) is 15.6 Å². The topological polar surface area (TPSA) is 97.1 Å². The molecule has 3 aromatic rings. The van der Waals surface area contributed by atoms with Crippen LogP contribution in [-0.4, -0.2) is 22.8 Å². The summed E-state index contributed by atoms with van der Waals surface area (Å²) in [7, 11) is 0. The summed E-state index contributed by atoms with van der Waals surface area (Å²) in [6, 6.07) is 19.2. The van der Waals surface area contributed by atoms with Gasteiger partial charge in [-0.15, -0.1) is 12.4 Å². The standard InChI is InChI=1S/C21H20N4O2.ClH/c22-19(12-15-6-2-1-3-7-15)21(27)25-18-10-4-9-17(13-18)24-20(26)16-8-5-11-23-14-16;/h1-11,13-14,19H,12,22H2,(H,24,26)(H,25,27);1H/t19-;/m1./s1. The average Bonchev–Trinajstić information content (AvgIpc) is 2.69. The Balaban J connectivity index is 0.00000280. The predicted octanol–water partition coefficient (Wildman–Crippen LogP) is 3.26. The Morgan fingerprint density at radius 1 is 0.929 bits per heavy atom. The molecular formula is C21H21ClN4O2. The Kier molecular flexibility index (Phi) is 7.68. The third kappa shape index (κ3) is 5.90. The number of halogens is 1. The minimum absolute atomic E-state index is 0. The van der Waals surface area contributed by atoms with Crippen LogP contribution in [0.3, 0.4) is 0 Å². The molecular weight excluding hydrogens is 376 g/mol. The van der Waals surface area contributed by atoms with E-state index in [1.54, 1.807) is 42.6 Å². The predicted molar refractivity (Wildman–Crippen MR) is 113 cm³/mol. The van der Waals surface area contributed by atoms with Gasteiger partial charge in [0.25, 0.3) is 5.91 Å². The zero-order valence-electron chi connectivity index (χ0n) is 15.0. The second kappa shape index (κ2) is 10.2. The molecule has 1 aromatic heterocycles. The van der Waals surface area contributed by atoms with Gasteiger partial charge in [-0.1, -0.05) is 36.4 Å². The summed E-state index contributed by atoms with van der Waals surface area (Å²) in [6.45, 7) is 0. The van der Waals surface area contributed by atoms with E-state index in [9.17, 15) is 9.59 Å². The number of anilines is 2. The Morgan fingerprint density at radius 3 is 2.32 bits per heavy atom. The molecule has 1 atom stereocenters. The molecule has 28 heavy (non-hydrogen) atoms. The summed E-state index contributed by atoms with van der Waals surface area (Å²) < 4.78 is 0. The fraction of sp³-hybridized carbons (Fsp3) is 0.0952. The monoisotopic (exact) mass is 396 g/mol. The fourth-order valence-electron chi connectivity index (χ4n) is 2.57. The zero-order valence-corrected chi connectivity index (χ0v) is 15.9. The molecule has 2 aromatic carbocycles. The molecule has 144 valence electrons. The van der Waals surface area contributed by atoms with Gasteiger partial charge >= 0.3 is 0 Å². The molecule has 0 spiro atoms. The van der Waals surface area contributed by atoms with E-state index >= 15 is 0 Å². The number of nitrogens with one attached hydrogen (secondary N) is 2. The average molecular weight is 397 g/mol. The van der Waals surface area contributed by atoms with Gasteiger partial charge in [-0.25, -0.2) is 0 Å². The summed E-state index contributed by atoms with van der Waals surface area (Å²) in [5.41, 5.74) is 8.59. The third-order valence-electron chi connectivity index (χ3n) is 3.95. The maximum atomic E-state index is 12.3. The lowest BCUT2D eigenvalue weighted by atomic mass is 10.1. The highest BCUT2D eigenvalue weighted by Gasteiger charge is 2.14. The van der Waals surface area contributed by atoms with Gasteiger partial charge in [0.1, 0.15) is 0 Å². The van der Waals surface area contributed by atoms with Crippen LogP contribution in [0.2, 0.25) is 0 Å². The molecule has 0 saturated carbocycles. The van der Waals surface area contributed by atoms with Crippen molar-refractivity contribution >= 4 is 35.6 Å². The van der Waals surface area contributed by atoms with Crippen LogP contribution in [0.15, 0.2) is 79.1 Å². The van der Waals surface area contributed by atoms with E-state index in [1.165, 1.54) is 6.20 Å². The van der Waals surface area contributed by atoms with Gasteiger partial charge in [-0.3, -0.25) is 14.6 Å². The normalized spacial score (nSPS) is 11.0. The Hall–Kier alpha value is -3.22. The van der Waals surface area contributed by atoms with Crippen LogP contribution in [0, 0.1) is 0 Å². The molecule has 3 rings (SSSR count). The Morgan fingerprint density at radius 2 is 1.64 bits per heavy atom. The number of aromatic nitrogens is 1. The van der Waals surface area contributed by atoms with Crippen molar-refractivity contribution in [3.63, 3.8) is 0 Å². The van der Waals surface area contributed by atoms with Crippen molar-refractivity contribution in [2.75, 3.05) is 10.6 Å². The lowest BCUT2D eigenvalue weighted by Gasteiger charge is -2.13. The lowest BCUT2D eigenvalue weighted by Crippen LogP contribution is -2.37. The molecule has 0 saturated heterocycles. The molecule has 0 aliphatic heterocycles. The summed E-state index contributed by atoms with van der Waals surface area (Å²) in [5, 5.41) is 5.57. The number of benzene rings is 2. The number of carbonyl (C=O) groups is 2. The molecule has 6 nitrogen and oxygen atoms in total. The van der Waals surface area contributed by atoms with Crippen molar-refractivity contribution in [3.05, 3.63) is 90.3 Å². The molecule has 0 fully saturated rings. The van der Waals surface area contributed by atoms with Crippen molar-refractivity contribution in [3.8, 4) is 0 Å². The smallest absolute Gasteiger partial charge is 0.257 e. The first-order valence-corrected chi connectivity index (χ1v) is 8.53. The largest absolute Gasteiger partial charge is 0.325 e. The van der Waals surface area contributed by atoms with E-state index in [0.29, 0.717) is 23.4 Å².